The maximum Gasteiger partial charge on any atom is 0.233 e. The third kappa shape index (κ3) is 5.03. The first-order chi connectivity index (χ1) is 12.9. The topological polar surface area (TPSA) is 59.8 Å². The monoisotopic (exact) mass is 420 g/mol. The molecule has 0 spiro atoms. The summed E-state index contributed by atoms with van der Waals surface area (Å²) in [6, 6.07) is 14.8. The van der Waals surface area contributed by atoms with Gasteiger partial charge in [-0.15, -0.1) is 10.2 Å². The molecule has 0 saturated heterocycles. The van der Waals surface area contributed by atoms with Gasteiger partial charge < -0.3 is 9.88 Å². The Morgan fingerprint density at radius 3 is 2.30 bits per heavy atom. The lowest BCUT2D eigenvalue weighted by atomic mass is 10.2. The Bertz CT molecular complexity index is 926. The van der Waals surface area contributed by atoms with Gasteiger partial charge in [0.15, 0.2) is 11.0 Å². The standard InChI is InChI=1S/C19H18Cl2N4OS/c1-12(18(26)22-11-13-3-7-15(20)8-4-13)27-19-24-23-17(25(19)2)14-5-9-16(21)10-6-14/h3-10,12H,11H2,1-2H3,(H,22,26). The number of carbonyl (C=O) groups is 1. The molecule has 1 aromatic heterocycles. The van der Waals surface area contributed by atoms with E-state index in [1.54, 1.807) is 12.1 Å². The third-order valence-electron chi connectivity index (χ3n) is 3.97. The zero-order valence-corrected chi connectivity index (χ0v) is 17.1. The molecule has 140 valence electrons. The lowest BCUT2D eigenvalue weighted by molar-refractivity contribution is -0.120. The molecule has 2 aromatic carbocycles. The van der Waals surface area contributed by atoms with Crippen LogP contribution in [0.1, 0.15) is 12.5 Å². The smallest absolute Gasteiger partial charge is 0.233 e. The van der Waals surface area contributed by atoms with Gasteiger partial charge in [0.25, 0.3) is 0 Å². The van der Waals surface area contributed by atoms with Crippen LogP contribution in [0.2, 0.25) is 10.0 Å². The van der Waals surface area contributed by atoms with Crippen LogP contribution in [-0.4, -0.2) is 25.9 Å². The molecule has 0 aliphatic carbocycles. The summed E-state index contributed by atoms with van der Waals surface area (Å²) in [6.45, 7) is 2.30. The molecular formula is C19H18Cl2N4OS. The molecular weight excluding hydrogens is 403 g/mol. The van der Waals surface area contributed by atoms with Gasteiger partial charge in [0.2, 0.25) is 5.91 Å². The number of thioether (sulfide) groups is 1. The largest absolute Gasteiger partial charge is 0.351 e. The van der Waals surface area contributed by atoms with E-state index < -0.39 is 0 Å². The molecule has 27 heavy (non-hydrogen) atoms. The van der Waals surface area contributed by atoms with Crippen LogP contribution in [0.25, 0.3) is 11.4 Å². The van der Waals surface area contributed by atoms with E-state index in [0.717, 1.165) is 17.0 Å². The lowest BCUT2D eigenvalue weighted by Crippen LogP contribution is -2.30. The van der Waals surface area contributed by atoms with Gasteiger partial charge in [-0.05, 0) is 48.9 Å². The van der Waals surface area contributed by atoms with Crippen molar-refractivity contribution in [3.8, 4) is 11.4 Å². The number of rotatable bonds is 6. The molecule has 1 heterocycles. The van der Waals surface area contributed by atoms with E-state index in [4.69, 9.17) is 23.2 Å². The van der Waals surface area contributed by atoms with E-state index in [1.165, 1.54) is 11.8 Å². The summed E-state index contributed by atoms with van der Waals surface area (Å²) in [5.41, 5.74) is 1.91. The second kappa shape index (κ2) is 8.78. The van der Waals surface area contributed by atoms with Gasteiger partial charge in [0.1, 0.15) is 0 Å². The Morgan fingerprint density at radius 1 is 1.07 bits per heavy atom. The van der Waals surface area contributed by atoms with Crippen molar-refractivity contribution in [2.45, 2.75) is 23.9 Å². The summed E-state index contributed by atoms with van der Waals surface area (Å²) >= 11 is 13.2. The highest BCUT2D eigenvalue weighted by Crippen LogP contribution is 2.26. The number of aromatic nitrogens is 3. The highest BCUT2D eigenvalue weighted by atomic mass is 35.5. The highest BCUT2D eigenvalue weighted by molar-refractivity contribution is 8.00. The predicted octanol–water partition coefficient (Wildman–Crippen LogP) is 4.59. The molecule has 8 heteroatoms. The van der Waals surface area contributed by atoms with Crippen molar-refractivity contribution in [3.63, 3.8) is 0 Å². The quantitative estimate of drug-likeness (QED) is 0.592. The van der Waals surface area contributed by atoms with Gasteiger partial charge in [-0.2, -0.15) is 0 Å². The number of nitrogens with zero attached hydrogens (tertiary/aromatic N) is 3. The molecule has 0 bridgehead atoms. The molecule has 3 rings (SSSR count). The number of hydrogen-bond acceptors (Lipinski definition) is 4. The molecule has 0 aliphatic rings. The van der Waals surface area contributed by atoms with E-state index in [-0.39, 0.29) is 11.2 Å². The molecule has 0 fully saturated rings. The normalized spacial score (nSPS) is 12.0. The van der Waals surface area contributed by atoms with Crippen molar-refractivity contribution < 1.29 is 4.79 Å². The second-order valence-electron chi connectivity index (χ2n) is 5.98. The molecule has 1 N–H and O–H groups in total. The number of amides is 1. The Balaban J connectivity index is 1.61. The van der Waals surface area contributed by atoms with Crippen LogP contribution in [0.3, 0.4) is 0 Å². The molecule has 3 aromatic rings. The minimum Gasteiger partial charge on any atom is -0.351 e. The first-order valence-electron chi connectivity index (χ1n) is 8.28. The van der Waals surface area contributed by atoms with Crippen LogP contribution in [-0.2, 0) is 18.4 Å². The average molecular weight is 421 g/mol. The van der Waals surface area contributed by atoms with E-state index in [2.05, 4.69) is 15.5 Å². The minimum atomic E-state index is -0.307. The van der Waals surface area contributed by atoms with Gasteiger partial charge in [-0.25, -0.2) is 0 Å². The molecule has 1 atom stereocenters. The van der Waals surface area contributed by atoms with E-state index in [1.807, 2.05) is 54.9 Å². The fraction of sp³-hybridized carbons (Fsp3) is 0.211. The summed E-state index contributed by atoms with van der Waals surface area (Å²) in [6.07, 6.45) is 0. The molecule has 0 saturated carbocycles. The Hall–Kier alpha value is -2.02. The van der Waals surface area contributed by atoms with Crippen molar-refractivity contribution in [2.75, 3.05) is 0 Å². The third-order valence-corrected chi connectivity index (χ3v) is 5.61. The number of benzene rings is 2. The van der Waals surface area contributed by atoms with Gasteiger partial charge in [-0.3, -0.25) is 4.79 Å². The highest BCUT2D eigenvalue weighted by Gasteiger charge is 2.19. The zero-order valence-electron chi connectivity index (χ0n) is 14.8. The maximum atomic E-state index is 12.4. The van der Waals surface area contributed by atoms with E-state index in [9.17, 15) is 4.79 Å². The summed E-state index contributed by atoms with van der Waals surface area (Å²) < 4.78 is 1.87. The number of halogens is 2. The molecule has 0 aliphatic heterocycles. The Kier molecular flexibility index (Phi) is 6.42. The predicted molar refractivity (Wildman–Crippen MR) is 110 cm³/mol. The van der Waals surface area contributed by atoms with Crippen molar-refractivity contribution in [1.29, 1.82) is 0 Å². The Morgan fingerprint density at radius 2 is 1.67 bits per heavy atom. The number of hydrogen-bond donors (Lipinski definition) is 1. The fourth-order valence-corrected chi connectivity index (χ4v) is 3.51. The number of carbonyl (C=O) groups excluding carboxylic acids is 1. The Labute approximate surface area is 172 Å². The molecule has 1 unspecified atom stereocenters. The number of nitrogens with one attached hydrogen (secondary N) is 1. The van der Waals surface area contributed by atoms with Crippen LogP contribution in [0.5, 0.6) is 0 Å². The summed E-state index contributed by atoms with van der Waals surface area (Å²) in [4.78, 5) is 12.4. The van der Waals surface area contributed by atoms with Crippen LogP contribution >= 0.6 is 35.0 Å². The lowest BCUT2D eigenvalue weighted by Gasteiger charge is -2.12. The van der Waals surface area contributed by atoms with Crippen molar-refractivity contribution in [1.82, 2.24) is 20.1 Å². The van der Waals surface area contributed by atoms with Crippen LogP contribution in [0.15, 0.2) is 53.7 Å². The van der Waals surface area contributed by atoms with Crippen molar-refractivity contribution >= 4 is 40.9 Å². The first-order valence-corrected chi connectivity index (χ1v) is 9.92. The summed E-state index contributed by atoms with van der Waals surface area (Å²) in [5, 5.41) is 13.1. The van der Waals surface area contributed by atoms with Crippen LogP contribution in [0, 0.1) is 0 Å². The average Bonchev–Trinajstić information content (AvgIpc) is 3.02. The second-order valence-corrected chi connectivity index (χ2v) is 8.16. The van der Waals surface area contributed by atoms with Crippen molar-refractivity contribution in [3.05, 3.63) is 64.1 Å². The van der Waals surface area contributed by atoms with Crippen LogP contribution in [0.4, 0.5) is 0 Å². The van der Waals surface area contributed by atoms with E-state index in [0.29, 0.717) is 21.7 Å². The SMILES string of the molecule is CC(Sc1nnc(-c2ccc(Cl)cc2)n1C)C(=O)NCc1ccc(Cl)cc1. The van der Waals surface area contributed by atoms with E-state index >= 15 is 0 Å². The fourth-order valence-electron chi connectivity index (χ4n) is 2.41. The first kappa shape index (κ1) is 19.7. The zero-order chi connectivity index (χ0) is 19.4. The van der Waals surface area contributed by atoms with Gasteiger partial charge >= 0.3 is 0 Å². The minimum absolute atomic E-state index is 0.0639. The molecule has 0 radical (unpaired) electrons. The summed E-state index contributed by atoms with van der Waals surface area (Å²) in [5.74, 6) is 0.661. The summed E-state index contributed by atoms with van der Waals surface area (Å²) in [7, 11) is 1.88. The maximum absolute atomic E-state index is 12.4. The molecule has 1 amide bonds. The van der Waals surface area contributed by atoms with Gasteiger partial charge in [0, 0.05) is 29.2 Å². The van der Waals surface area contributed by atoms with Gasteiger partial charge in [-0.1, -0.05) is 47.1 Å². The molecule has 5 nitrogen and oxygen atoms in total. The van der Waals surface area contributed by atoms with Gasteiger partial charge in [0.05, 0.1) is 5.25 Å². The van der Waals surface area contributed by atoms with Crippen LogP contribution < -0.4 is 5.32 Å². The van der Waals surface area contributed by atoms with Crippen molar-refractivity contribution in [2.24, 2.45) is 7.05 Å².